The molecule has 0 aliphatic carbocycles. The second kappa shape index (κ2) is 13.7. The van der Waals surface area contributed by atoms with Crippen molar-refractivity contribution in [3.8, 4) is 22.9 Å². The number of nitrogens with zero attached hydrogens (tertiary/aromatic N) is 6. The van der Waals surface area contributed by atoms with Crippen molar-refractivity contribution in [1.29, 1.82) is 0 Å². The van der Waals surface area contributed by atoms with E-state index in [0.717, 1.165) is 88.7 Å². The zero-order chi connectivity index (χ0) is 29.8. The average Bonchev–Trinajstić information content (AvgIpc) is 2.97. The number of carbonyl (C=O) groups excluding carboxylic acids is 1. The van der Waals surface area contributed by atoms with Crippen molar-refractivity contribution in [1.82, 2.24) is 30.1 Å². The number of pyridine rings is 1. The van der Waals surface area contributed by atoms with Gasteiger partial charge in [0.2, 0.25) is 17.7 Å². The van der Waals surface area contributed by atoms with Crippen molar-refractivity contribution in [2.45, 2.75) is 31.8 Å². The molecule has 3 saturated heterocycles. The number of piperidine rings is 1. The first-order chi connectivity index (χ1) is 20.9. The summed E-state index contributed by atoms with van der Waals surface area (Å²) in [6, 6.07) is 9.98. The molecule has 5 heterocycles. The molecule has 1 N–H and O–H groups in total. The number of ether oxygens (including phenoxy) is 2. The molecule has 0 unspecified atom stereocenters. The van der Waals surface area contributed by atoms with E-state index in [-0.39, 0.29) is 5.91 Å². The van der Waals surface area contributed by atoms with Gasteiger partial charge in [-0.1, -0.05) is 23.2 Å². The van der Waals surface area contributed by atoms with Gasteiger partial charge in [-0.3, -0.25) is 14.6 Å². The number of benzene rings is 1. The summed E-state index contributed by atoms with van der Waals surface area (Å²) in [5.74, 6) is 2.20. The van der Waals surface area contributed by atoms with Crippen LogP contribution in [0.15, 0.2) is 42.7 Å². The number of piperazine rings is 1. The Morgan fingerprint density at radius 1 is 0.977 bits per heavy atom. The Kier molecular flexibility index (Phi) is 9.59. The van der Waals surface area contributed by atoms with E-state index >= 15 is 0 Å². The summed E-state index contributed by atoms with van der Waals surface area (Å²) in [5, 5.41) is 3.82. The SMILES string of the molecule is CNC(=O)CC1CCN(Cc2cc(Oc3cnc(N4CCN(C5COC5)CC4)nc3)nc(-c3cc(Cl)cc(Cl)c3)c2)CC1. The molecular formula is C31H37Cl2N7O3. The van der Waals surface area contributed by atoms with Gasteiger partial charge in [0.1, 0.15) is 0 Å². The van der Waals surface area contributed by atoms with Gasteiger partial charge in [-0.15, -0.1) is 0 Å². The van der Waals surface area contributed by atoms with Crippen molar-refractivity contribution < 1.29 is 14.3 Å². The molecule has 2 aromatic heterocycles. The molecule has 0 spiro atoms. The fourth-order valence-electron chi connectivity index (χ4n) is 5.89. The molecule has 3 aromatic rings. The average molecular weight is 627 g/mol. The number of nitrogens with one attached hydrogen (secondary N) is 1. The predicted octanol–water partition coefficient (Wildman–Crippen LogP) is 4.51. The zero-order valence-electron chi connectivity index (χ0n) is 24.3. The van der Waals surface area contributed by atoms with Crippen LogP contribution in [-0.4, -0.2) is 96.2 Å². The normalized spacial score (nSPS) is 18.8. The molecule has 0 bridgehead atoms. The maximum absolute atomic E-state index is 11.8. The summed E-state index contributed by atoms with van der Waals surface area (Å²) in [6.45, 7) is 7.99. The lowest BCUT2D eigenvalue weighted by Crippen LogP contribution is -2.56. The van der Waals surface area contributed by atoms with Gasteiger partial charge in [0.05, 0.1) is 37.3 Å². The van der Waals surface area contributed by atoms with E-state index in [0.29, 0.717) is 46.0 Å². The number of hydrogen-bond donors (Lipinski definition) is 1. The van der Waals surface area contributed by atoms with E-state index in [1.807, 2.05) is 18.2 Å². The van der Waals surface area contributed by atoms with Gasteiger partial charge in [0.15, 0.2) is 5.75 Å². The fraction of sp³-hybridized carbons (Fsp3) is 0.484. The highest BCUT2D eigenvalue weighted by molar-refractivity contribution is 6.35. The van der Waals surface area contributed by atoms with Gasteiger partial charge in [-0.05, 0) is 61.7 Å². The summed E-state index contributed by atoms with van der Waals surface area (Å²) < 4.78 is 11.6. The quantitative estimate of drug-likeness (QED) is 0.368. The Labute approximate surface area is 262 Å². The van der Waals surface area contributed by atoms with Crippen LogP contribution in [0.3, 0.4) is 0 Å². The molecule has 0 saturated carbocycles. The standard InChI is InChI=1S/C31H37Cl2N7O3/c1-34-29(41)11-21-2-4-38(5-3-21)18-22-10-28(23-13-24(32)15-25(33)14-23)37-30(12-22)43-27-16-35-31(36-17-27)40-8-6-39(7-9-40)26-19-42-20-26/h10,12-17,21,26H,2-9,11,18-20H2,1H3,(H,34,41). The first-order valence-corrected chi connectivity index (χ1v) is 15.6. The van der Waals surface area contributed by atoms with Gasteiger partial charge in [0, 0.05) is 67.9 Å². The number of likely N-dealkylation sites (tertiary alicyclic amines) is 1. The molecule has 3 aliphatic heterocycles. The van der Waals surface area contributed by atoms with E-state index in [1.165, 1.54) is 0 Å². The minimum atomic E-state index is 0.110. The highest BCUT2D eigenvalue weighted by atomic mass is 35.5. The van der Waals surface area contributed by atoms with Crippen molar-refractivity contribution >= 4 is 35.1 Å². The van der Waals surface area contributed by atoms with Gasteiger partial charge < -0.3 is 19.7 Å². The monoisotopic (exact) mass is 625 g/mol. The van der Waals surface area contributed by atoms with E-state index in [1.54, 1.807) is 25.5 Å². The Morgan fingerprint density at radius 3 is 2.30 bits per heavy atom. The highest BCUT2D eigenvalue weighted by Gasteiger charge is 2.29. The number of halogens is 2. The molecule has 6 rings (SSSR count). The van der Waals surface area contributed by atoms with Crippen LogP contribution in [0, 0.1) is 5.92 Å². The lowest BCUT2D eigenvalue weighted by atomic mass is 9.93. The largest absolute Gasteiger partial charge is 0.436 e. The van der Waals surface area contributed by atoms with Crippen LogP contribution in [-0.2, 0) is 16.1 Å². The van der Waals surface area contributed by atoms with Crippen LogP contribution in [0.1, 0.15) is 24.8 Å². The lowest BCUT2D eigenvalue weighted by molar-refractivity contribution is -0.121. The first-order valence-electron chi connectivity index (χ1n) is 14.9. The lowest BCUT2D eigenvalue weighted by Gasteiger charge is -2.42. The van der Waals surface area contributed by atoms with Gasteiger partial charge in [-0.2, -0.15) is 0 Å². The number of anilines is 1. The van der Waals surface area contributed by atoms with Crippen LogP contribution in [0.25, 0.3) is 11.3 Å². The molecule has 43 heavy (non-hydrogen) atoms. The third-order valence-corrected chi connectivity index (χ3v) is 8.89. The van der Waals surface area contributed by atoms with Crippen LogP contribution in [0.2, 0.25) is 10.0 Å². The molecule has 10 nitrogen and oxygen atoms in total. The number of aromatic nitrogens is 3. The summed E-state index contributed by atoms with van der Waals surface area (Å²) in [7, 11) is 1.69. The second-order valence-corrected chi connectivity index (χ2v) is 12.4. The van der Waals surface area contributed by atoms with E-state index in [9.17, 15) is 4.79 Å². The highest BCUT2D eigenvalue weighted by Crippen LogP contribution is 2.31. The third-order valence-electron chi connectivity index (χ3n) is 8.46. The Balaban J connectivity index is 1.15. The fourth-order valence-corrected chi connectivity index (χ4v) is 6.42. The Bertz CT molecular complexity index is 1390. The van der Waals surface area contributed by atoms with Crippen LogP contribution in [0.5, 0.6) is 11.6 Å². The number of rotatable bonds is 9. The molecule has 0 atom stereocenters. The molecule has 0 radical (unpaired) electrons. The second-order valence-electron chi connectivity index (χ2n) is 11.5. The summed E-state index contributed by atoms with van der Waals surface area (Å²) in [4.78, 5) is 32.9. The number of amides is 1. The van der Waals surface area contributed by atoms with Gasteiger partial charge in [0.25, 0.3) is 0 Å². The number of hydrogen-bond acceptors (Lipinski definition) is 9. The van der Waals surface area contributed by atoms with Gasteiger partial charge in [-0.25, -0.2) is 15.0 Å². The topological polar surface area (TPSA) is 96.0 Å². The van der Waals surface area contributed by atoms with Crippen molar-refractivity contribution in [2.75, 3.05) is 64.4 Å². The molecule has 3 aliphatic rings. The van der Waals surface area contributed by atoms with Crippen LogP contribution >= 0.6 is 23.2 Å². The Morgan fingerprint density at radius 2 is 1.67 bits per heavy atom. The van der Waals surface area contributed by atoms with E-state index in [4.69, 9.17) is 37.7 Å². The minimum Gasteiger partial charge on any atom is -0.436 e. The molecule has 228 valence electrons. The summed E-state index contributed by atoms with van der Waals surface area (Å²) in [5.41, 5.74) is 2.60. The van der Waals surface area contributed by atoms with Crippen LogP contribution < -0.4 is 15.0 Å². The van der Waals surface area contributed by atoms with Crippen molar-refractivity contribution in [2.24, 2.45) is 5.92 Å². The zero-order valence-corrected chi connectivity index (χ0v) is 25.9. The van der Waals surface area contributed by atoms with Gasteiger partial charge >= 0.3 is 0 Å². The summed E-state index contributed by atoms with van der Waals surface area (Å²) in [6.07, 6.45) is 5.98. The first kappa shape index (κ1) is 30.0. The van der Waals surface area contributed by atoms with E-state index < -0.39 is 0 Å². The maximum Gasteiger partial charge on any atom is 0.225 e. The van der Waals surface area contributed by atoms with Crippen molar-refractivity contribution in [3.05, 3.63) is 58.3 Å². The predicted molar refractivity (Wildman–Crippen MR) is 167 cm³/mol. The third kappa shape index (κ3) is 7.74. The maximum atomic E-state index is 11.8. The molecular weight excluding hydrogens is 589 g/mol. The van der Waals surface area contributed by atoms with E-state index in [2.05, 4.69) is 36.1 Å². The smallest absolute Gasteiger partial charge is 0.225 e. The van der Waals surface area contributed by atoms with Crippen LogP contribution in [0.4, 0.5) is 5.95 Å². The minimum absolute atomic E-state index is 0.110. The number of carbonyl (C=O) groups is 1. The molecule has 12 heteroatoms. The Hall–Kier alpha value is -3.02. The molecule has 1 aromatic carbocycles. The van der Waals surface area contributed by atoms with Crippen molar-refractivity contribution in [3.63, 3.8) is 0 Å². The molecule has 1 amide bonds. The summed E-state index contributed by atoms with van der Waals surface area (Å²) >= 11 is 12.7. The molecule has 3 fully saturated rings.